The Balaban J connectivity index is 2.92. The normalized spacial score (nSPS) is 12.0. The molecule has 1 atom stereocenters. The number of hydrogen-bond acceptors (Lipinski definition) is 4. The lowest BCUT2D eigenvalue weighted by atomic mass is 10.1. The van der Waals surface area contributed by atoms with Crippen LogP contribution in [0, 0.1) is 10.1 Å². The van der Waals surface area contributed by atoms with Crippen molar-refractivity contribution >= 4 is 29.2 Å². The molecule has 0 spiro atoms. The Morgan fingerprint density at radius 1 is 1.43 bits per heavy atom. The van der Waals surface area contributed by atoms with Crippen LogP contribution in [0.15, 0.2) is 18.2 Å². The van der Waals surface area contributed by atoms with E-state index in [-0.39, 0.29) is 16.3 Å². The van der Waals surface area contributed by atoms with Crippen LogP contribution in [0.25, 0.3) is 0 Å². The number of nitro benzene ring substituents is 1. The van der Waals surface area contributed by atoms with Crippen molar-refractivity contribution in [3.05, 3.63) is 38.9 Å². The highest BCUT2D eigenvalue weighted by atomic mass is 35.5. The number of hydrogen-bond donors (Lipinski definition) is 2. The zero-order chi connectivity index (χ0) is 16.2. The summed E-state index contributed by atoms with van der Waals surface area (Å²) in [6.45, 7) is 0. The van der Waals surface area contributed by atoms with Gasteiger partial charge in [0.15, 0.2) is 0 Å². The van der Waals surface area contributed by atoms with Gasteiger partial charge >= 0.3 is 5.97 Å². The number of carbonyl (C=O) groups is 2. The summed E-state index contributed by atoms with van der Waals surface area (Å²) in [5.41, 5.74) is -0.610. The Labute approximate surface area is 121 Å². The molecule has 0 aliphatic rings. The smallest absolute Gasteiger partial charge is 0.326 e. The first kappa shape index (κ1) is 16.8. The Bertz CT molecular complexity index is 582. The van der Waals surface area contributed by atoms with Gasteiger partial charge in [-0.15, -0.1) is 0 Å². The van der Waals surface area contributed by atoms with E-state index in [1.807, 2.05) is 5.32 Å². The molecule has 0 aliphatic carbocycles. The first-order valence-electron chi connectivity index (χ1n) is 5.48. The maximum Gasteiger partial charge on any atom is 0.326 e. The molecule has 114 valence electrons. The molecule has 0 aliphatic heterocycles. The molecular formula is C11H9ClF2N2O5. The van der Waals surface area contributed by atoms with Gasteiger partial charge in [-0.1, -0.05) is 11.6 Å². The van der Waals surface area contributed by atoms with Crippen LogP contribution in [0.3, 0.4) is 0 Å². The summed E-state index contributed by atoms with van der Waals surface area (Å²) in [7, 11) is 0. The molecule has 7 nitrogen and oxygen atoms in total. The van der Waals surface area contributed by atoms with Crippen LogP contribution in [0.5, 0.6) is 0 Å². The molecule has 0 saturated carbocycles. The number of nitrogens with zero attached hydrogens (tertiary/aromatic N) is 1. The SMILES string of the molecule is O=C(NC(CC(F)F)C(=O)O)c1ccc([N+](=O)[O-])cc1Cl. The minimum atomic E-state index is -2.92. The largest absolute Gasteiger partial charge is 0.480 e. The van der Waals surface area contributed by atoms with E-state index >= 15 is 0 Å². The van der Waals surface area contributed by atoms with Crippen molar-refractivity contribution in [1.82, 2.24) is 5.32 Å². The van der Waals surface area contributed by atoms with Gasteiger partial charge in [-0.05, 0) is 6.07 Å². The van der Waals surface area contributed by atoms with Gasteiger partial charge in [0.1, 0.15) is 6.04 Å². The summed E-state index contributed by atoms with van der Waals surface area (Å²) in [4.78, 5) is 32.3. The van der Waals surface area contributed by atoms with Crippen LogP contribution < -0.4 is 5.32 Å². The lowest BCUT2D eigenvalue weighted by Gasteiger charge is -2.14. The number of carbonyl (C=O) groups excluding carboxylic acids is 1. The molecule has 0 fully saturated rings. The number of halogens is 3. The Kier molecular flexibility index (Phi) is 5.53. The Morgan fingerprint density at radius 3 is 2.48 bits per heavy atom. The Morgan fingerprint density at radius 2 is 2.05 bits per heavy atom. The molecule has 1 amide bonds. The predicted molar refractivity (Wildman–Crippen MR) is 67.6 cm³/mol. The number of carboxylic acids is 1. The lowest BCUT2D eigenvalue weighted by molar-refractivity contribution is -0.384. The second kappa shape index (κ2) is 6.93. The van der Waals surface area contributed by atoms with Crippen molar-refractivity contribution in [2.75, 3.05) is 0 Å². The third-order valence-electron chi connectivity index (χ3n) is 2.43. The zero-order valence-electron chi connectivity index (χ0n) is 10.3. The van der Waals surface area contributed by atoms with Crippen molar-refractivity contribution in [2.45, 2.75) is 18.9 Å². The van der Waals surface area contributed by atoms with Crippen LogP contribution in [0.2, 0.25) is 5.02 Å². The third kappa shape index (κ3) is 4.63. The number of non-ortho nitro benzene ring substituents is 1. The molecule has 0 heterocycles. The maximum atomic E-state index is 12.2. The fourth-order valence-electron chi connectivity index (χ4n) is 1.44. The second-order valence-corrected chi connectivity index (χ2v) is 4.32. The molecule has 0 saturated heterocycles. The van der Waals surface area contributed by atoms with E-state index in [4.69, 9.17) is 16.7 Å². The van der Waals surface area contributed by atoms with Crippen LogP contribution >= 0.6 is 11.6 Å². The number of aliphatic carboxylic acids is 1. The standard InChI is InChI=1S/C11H9ClF2N2O5/c12-7-3-5(16(20)21)1-2-6(7)10(17)15-8(11(18)19)4-9(13)14/h1-3,8-9H,4H2,(H,15,17)(H,18,19). The topological polar surface area (TPSA) is 110 Å². The average Bonchev–Trinajstić information content (AvgIpc) is 2.36. The number of amides is 1. The molecule has 1 aromatic carbocycles. The van der Waals surface area contributed by atoms with Crippen molar-refractivity contribution in [2.24, 2.45) is 0 Å². The van der Waals surface area contributed by atoms with Crippen molar-refractivity contribution in [1.29, 1.82) is 0 Å². The number of nitrogens with one attached hydrogen (secondary N) is 1. The van der Waals surface area contributed by atoms with Gasteiger partial charge in [-0.25, -0.2) is 13.6 Å². The Hall–Kier alpha value is -2.29. The van der Waals surface area contributed by atoms with Crippen LogP contribution in [-0.4, -0.2) is 34.4 Å². The molecule has 0 radical (unpaired) electrons. The molecule has 21 heavy (non-hydrogen) atoms. The van der Waals surface area contributed by atoms with Crippen LogP contribution in [0.4, 0.5) is 14.5 Å². The van der Waals surface area contributed by atoms with E-state index < -0.39 is 35.7 Å². The van der Waals surface area contributed by atoms with Gasteiger partial charge in [-0.2, -0.15) is 0 Å². The van der Waals surface area contributed by atoms with Crippen molar-refractivity contribution < 1.29 is 28.4 Å². The summed E-state index contributed by atoms with van der Waals surface area (Å²) in [6, 6.07) is 1.11. The molecule has 0 bridgehead atoms. The zero-order valence-corrected chi connectivity index (χ0v) is 11.0. The maximum absolute atomic E-state index is 12.2. The summed E-state index contributed by atoms with van der Waals surface area (Å²) in [5, 5.41) is 20.8. The second-order valence-electron chi connectivity index (χ2n) is 3.91. The van der Waals surface area contributed by atoms with Gasteiger partial charge < -0.3 is 10.4 Å². The van der Waals surface area contributed by atoms with E-state index in [9.17, 15) is 28.5 Å². The minimum Gasteiger partial charge on any atom is -0.480 e. The van der Waals surface area contributed by atoms with E-state index in [2.05, 4.69) is 0 Å². The minimum absolute atomic E-state index is 0.247. The first-order chi connectivity index (χ1) is 9.72. The third-order valence-corrected chi connectivity index (χ3v) is 2.74. The van der Waals surface area contributed by atoms with E-state index in [1.54, 1.807) is 0 Å². The van der Waals surface area contributed by atoms with Crippen LogP contribution in [0.1, 0.15) is 16.8 Å². The number of nitro groups is 1. The van der Waals surface area contributed by atoms with Gasteiger partial charge in [0, 0.05) is 18.6 Å². The molecule has 1 rings (SSSR count). The van der Waals surface area contributed by atoms with E-state index in [1.165, 1.54) is 0 Å². The van der Waals surface area contributed by atoms with Crippen molar-refractivity contribution in [3.8, 4) is 0 Å². The summed E-state index contributed by atoms with van der Waals surface area (Å²) >= 11 is 5.68. The van der Waals surface area contributed by atoms with Gasteiger partial charge in [0.25, 0.3) is 11.6 Å². The monoisotopic (exact) mass is 322 g/mol. The van der Waals surface area contributed by atoms with Crippen LogP contribution in [-0.2, 0) is 4.79 Å². The molecule has 1 aromatic rings. The summed E-state index contributed by atoms with van der Waals surface area (Å²) in [5.74, 6) is -2.63. The number of benzene rings is 1. The first-order valence-corrected chi connectivity index (χ1v) is 5.86. The number of alkyl halides is 2. The molecule has 10 heteroatoms. The van der Waals surface area contributed by atoms with E-state index in [0.717, 1.165) is 18.2 Å². The van der Waals surface area contributed by atoms with Gasteiger partial charge in [0.2, 0.25) is 6.43 Å². The van der Waals surface area contributed by atoms with E-state index in [0.29, 0.717) is 0 Å². The highest BCUT2D eigenvalue weighted by Gasteiger charge is 2.25. The van der Waals surface area contributed by atoms with Gasteiger partial charge in [-0.3, -0.25) is 14.9 Å². The average molecular weight is 323 g/mol. The predicted octanol–water partition coefficient (Wildman–Crippen LogP) is 2.09. The highest BCUT2D eigenvalue weighted by molar-refractivity contribution is 6.34. The highest BCUT2D eigenvalue weighted by Crippen LogP contribution is 2.22. The summed E-state index contributed by atoms with van der Waals surface area (Å²) in [6.07, 6.45) is -3.98. The summed E-state index contributed by atoms with van der Waals surface area (Å²) < 4.78 is 24.4. The molecule has 2 N–H and O–H groups in total. The fourth-order valence-corrected chi connectivity index (χ4v) is 1.70. The number of carboxylic acid groups (broad SMARTS) is 1. The fraction of sp³-hybridized carbons (Fsp3) is 0.273. The van der Waals surface area contributed by atoms with Crippen molar-refractivity contribution in [3.63, 3.8) is 0 Å². The molecule has 1 unspecified atom stereocenters. The molecule has 0 aromatic heterocycles. The van der Waals surface area contributed by atoms with Gasteiger partial charge in [0.05, 0.1) is 15.5 Å². The quantitative estimate of drug-likeness (QED) is 0.615. The number of rotatable bonds is 6. The lowest BCUT2D eigenvalue weighted by Crippen LogP contribution is -2.42. The molecular weight excluding hydrogens is 314 g/mol.